The van der Waals surface area contributed by atoms with Crippen LogP contribution >= 0.6 is 0 Å². The minimum absolute atomic E-state index is 0.0152. The number of unbranched alkanes of at least 4 members (excludes halogenated alkanes) is 21. The number of nitrogens with zero attached hydrogens (tertiary/aromatic N) is 1. The molecule has 1 aliphatic carbocycles. The number of hydrogen-bond donors (Lipinski definition) is 1. The molecule has 1 atom stereocenters. The highest BCUT2D eigenvalue weighted by Gasteiger charge is 2.33. The lowest BCUT2D eigenvalue weighted by Crippen LogP contribution is -2.29. The maximum absolute atomic E-state index is 12.7. The van der Waals surface area contributed by atoms with Gasteiger partial charge in [-0.15, -0.1) is 0 Å². The van der Waals surface area contributed by atoms with E-state index in [1.807, 2.05) is 0 Å². The van der Waals surface area contributed by atoms with Gasteiger partial charge in [0.25, 0.3) is 0 Å². The molecule has 6 heteroatoms. The van der Waals surface area contributed by atoms with E-state index < -0.39 is 0 Å². The number of carbonyl (C=O) groups excluding carboxylic acids is 2. The van der Waals surface area contributed by atoms with Gasteiger partial charge in [-0.05, 0) is 96.1 Å². The summed E-state index contributed by atoms with van der Waals surface area (Å²) in [6.45, 7) is 9.79. The van der Waals surface area contributed by atoms with Gasteiger partial charge in [-0.25, -0.2) is 0 Å². The van der Waals surface area contributed by atoms with Crippen LogP contribution in [0.5, 0.6) is 0 Å². The van der Waals surface area contributed by atoms with Gasteiger partial charge in [0, 0.05) is 19.4 Å². The Hall–Kier alpha value is -1.14. The predicted octanol–water partition coefficient (Wildman–Crippen LogP) is 12.7. The zero-order chi connectivity index (χ0) is 37.0. The number of ether oxygens (including phenoxy) is 2. The Labute approximate surface area is 317 Å². The van der Waals surface area contributed by atoms with E-state index in [4.69, 9.17) is 9.47 Å². The van der Waals surface area contributed by atoms with E-state index in [0.29, 0.717) is 18.8 Å². The van der Waals surface area contributed by atoms with Crippen LogP contribution < -0.4 is 0 Å². The quantitative estimate of drug-likeness (QED) is 0.0501. The third-order valence-corrected chi connectivity index (χ3v) is 11.0. The van der Waals surface area contributed by atoms with Crippen LogP contribution in [0.15, 0.2) is 0 Å². The molecule has 51 heavy (non-hydrogen) atoms. The maximum atomic E-state index is 12.7. The van der Waals surface area contributed by atoms with Crippen LogP contribution in [0.4, 0.5) is 0 Å². The molecule has 1 unspecified atom stereocenters. The molecule has 0 aromatic rings. The molecule has 0 spiro atoms. The Morgan fingerprint density at radius 3 is 1.37 bits per heavy atom. The fraction of sp³-hybridized carbons (Fsp3) is 0.956. The van der Waals surface area contributed by atoms with Crippen molar-refractivity contribution in [2.45, 2.75) is 245 Å². The van der Waals surface area contributed by atoms with Crippen molar-refractivity contribution in [3.63, 3.8) is 0 Å². The number of hydrogen-bond acceptors (Lipinski definition) is 6. The number of carbonyl (C=O) groups is 2. The van der Waals surface area contributed by atoms with E-state index in [1.165, 1.54) is 128 Å². The van der Waals surface area contributed by atoms with Crippen molar-refractivity contribution >= 4 is 11.9 Å². The first-order valence-electron chi connectivity index (χ1n) is 22.8. The van der Waals surface area contributed by atoms with Gasteiger partial charge in [-0.3, -0.25) is 9.59 Å². The fourth-order valence-electron chi connectivity index (χ4n) is 7.42. The second kappa shape index (κ2) is 35.9. The first kappa shape index (κ1) is 47.9. The Bertz CT molecular complexity index is 756. The van der Waals surface area contributed by atoms with Gasteiger partial charge >= 0.3 is 11.9 Å². The summed E-state index contributed by atoms with van der Waals surface area (Å²) >= 11 is 0. The number of rotatable bonds is 40. The van der Waals surface area contributed by atoms with Gasteiger partial charge in [-0.1, -0.05) is 143 Å². The van der Waals surface area contributed by atoms with E-state index >= 15 is 0 Å². The van der Waals surface area contributed by atoms with Crippen LogP contribution in [0.2, 0.25) is 0 Å². The third kappa shape index (κ3) is 31.0. The molecule has 1 rings (SSSR count). The maximum Gasteiger partial charge on any atom is 0.306 e. The summed E-state index contributed by atoms with van der Waals surface area (Å²) in [5, 5.41) is 9.57. The second-order valence-corrected chi connectivity index (χ2v) is 16.0. The lowest BCUT2D eigenvalue weighted by atomic mass is 10.0. The Morgan fingerprint density at radius 1 is 0.510 bits per heavy atom. The summed E-state index contributed by atoms with van der Waals surface area (Å²) in [5.41, 5.74) is 0. The van der Waals surface area contributed by atoms with Crippen LogP contribution in [0.3, 0.4) is 0 Å². The number of aliphatic hydroxyl groups excluding tert-OH is 1. The van der Waals surface area contributed by atoms with E-state index in [0.717, 1.165) is 90.3 Å². The average molecular weight is 722 g/mol. The number of aliphatic hydroxyl groups is 1. The lowest BCUT2D eigenvalue weighted by molar-refractivity contribution is -0.151. The monoisotopic (exact) mass is 722 g/mol. The summed E-state index contributed by atoms with van der Waals surface area (Å²) in [7, 11) is 0. The van der Waals surface area contributed by atoms with Crippen molar-refractivity contribution < 1.29 is 24.2 Å². The summed E-state index contributed by atoms with van der Waals surface area (Å²) < 4.78 is 11.9. The van der Waals surface area contributed by atoms with E-state index in [1.54, 1.807) is 0 Å². The van der Waals surface area contributed by atoms with E-state index in [9.17, 15) is 14.7 Å². The first-order valence-corrected chi connectivity index (χ1v) is 22.8. The minimum Gasteiger partial charge on any atom is -0.462 e. The summed E-state index contributed by atoms with van der Waals surface area (Å²) in [5.74, 6) is 0.661. The van der Waals surface area contributed by atoms with Gasteiger partial charge in [0.1, 0.15) is 12.2 Å². The van der Waals surface area contributed by atoms with Crippen LogP contribution in [-0.2, 0) is 19.1 Å². The molecular formula is C45H87NO5. The summed E-state index contributed by atoms with van der Waals surface area (Å²) in [6, 6.07) is 0. The molecule has 1 N–H and O–H groups in total. The van der Waals surface area contributed by atoms with Gasteiger partial charge in [0.2, 0.25) is 0 Å². The van der Waals surface area contributed by atoms with E-state index in [-0.39, 0.29) is 30.8 Å². The molecule has 6 nitrogen and oxygen atoms in total. The summed E-state index contributed by atoms with van der Waals surface area (Å²) in [4.78, 5) is 27.5. The smallest absolute Gasteiger partial charge is 0.306 e. The van der Waals surface area contributed by atoms with E-state index in [2.05, 4.69) is 25.7 Å². The van der Waals surface area contributed by atoms with Crippen molar-refractivity contribution in [2.75, 3.05) is 26.2 Å². The highest BCUT2D eigenvalue weighted by atomic mass is 16.5. The van der Waals surface area contributed by atoms with Gasteiger partial charge < -0.3 is 19.5 Å². The van der Waals surface area contributed by atoms with Crippen molar-refractivity contribution in [3.05, 3.63) is 0 Å². The number of esters is 2. The zero-order valence-electron chi connectivity index (χ0n) is 34.4. The lowest BCUT2D eigenvalue weighted by Gasteiger charge is -2.21. The molecule has 0 heterocycles. The molecule has 0 aromatic carbocycles. The molecule has 0 amide bonds. The normalized spacial score (nSPS) is 13.7. The third-order valence-electron chi connectivity index (χ3n) is 11.0. The van der Waals surface area contributed by atoms with Crippen LogP contribution in [-0.4, -0.2) is 60.4 Å². The molecule has 0 aromatic heterocycles. The van der Waals surface area contributed by atoms with Crippen molar-refractivity contribution in [1.29, 1.82) is 0 Å². The minimum atomic E-state index is 0.0152. The standard InChI is InChI=1S/C45H87NO5/c1-4-7-10-13-17-23-30-42(31-24-18-14-11-8-5-2)50-44(48)33-26-19-15-21-28-37-46(39-40-47)38-29-22-16-20-27-34-45(49)51-43(41-35-36-41)32-25-12-9-6-3/h41-43,47H,4-40H2,1-3H3. The Morgan fingerprint density at radius 2 is 0.902 bits per heavy atom. The average Bonchev–Trinajstić information content (AvgIpc) is 3.97. The molecule has 1 aliphatic rings. The highest BCUT2D eigenvalue weighted by molar-refractivity contribution is 5.69. The highest BCUT2D eigenvalue weighted by Crippen LogP contribution is 2.37. The topological polar surface area (TPSA) is 76.1 Å². The molecule has 1 saturated carbocycles. The van der Waals surface area contributed by atoms with Crippen molar-refractivity contribution in [1.82, 2.24) is 4.90 Å². The van der Waals surface area contributed by atoms with Crippen LogP contribution in [0, 0.1) is 5.92 Å². The largest absolute Gasteiger partial charge is 0.462 e. The molecular weight excluding hydrogens is 634 g/mol. The Kier molecular flexibility index (Phi) is 33.7. The molecule has 0 saturated heterocycles. The molecule has 302 valence electrons. The van der Waals surface area contributed by atoms with Crippen molar-refractivity contribution in [3.8, 4) is 0 Å². The van der Waals surface area contributed by atoms with Crippen molar-refractivity contribution in [2.24, 2.45) is 5.92 Å². The molecule has 0 radical (unpaired) electrons. The first-order chi connectivity index (χ1) is 25.0. The van der Waals surface area contributed by atoms with Gasteiger partial charge in [0.05, 0.1) is 6.61 Å². The molecule has 0 bridgehead atoms. The van der Waals surface area contributed by atoms with Crippen LogP contribution in [0.1, 0.15) is 233 Å². The molecule has 0 aliphatic heterocycles. The summed E-state index contributed by atoms with van der Waals surface area (Å²) in [6.07, 6.45) is 38.4. The Balaban J connectivity index is 2.12. The predicted molar refractivity (Wildman–Crippen MR) is 216 cm³/mol. The van der Waals surface area contributed by atoms with Crippen LogP contribution in [0.25, 0.3) is 0 Å². The van der Waals surface area contributed by atoms with Gasteiger partial charge in [-0.2, -0.15) is 0 Å². The molecule has 1 fully saturated rings. The fourth-order valence-corrected chi connectivity index (χ4v) is 7.42. The second-order valence-electron chi connectivity index (χ2n) is 16.0. The van der Waals surface area contributed by atoms with Gasteiger partial charge in [0.15, 0.2) is 0 Å². The SMILES string of the molecule is CCCCCCCCC(CCCCCCCC)OC(=O)CCCCCCCN(CCO)CCCCCCCC(=O)OC(CCCCCC)C1CC1. The zero-order valence-corrected chi connectivity index (χ0v) is 34.4.